The molecule has 0 radical (unpaired) electrons. The Labute approximate surface area is 87.4 Å². The Morgan fingerprint density at radius 1 is 1.40 bits per heavy atom. The molecule has 0 fully saturated rings. The molecule has 0 aliphatic carbocycles. The van der Waals surface area contributed by atoms with Crippen molar-refractivity contribution in [2.45, 2.75) is 6.92 Å². The molecule has 0 saturated heterocycles. The van der Waals surface area contributed by atoms with E-state index in [9.17, 15) is 0 Å². The minimum absolute atomic E-state index is 0.809. The predicted molar refractivity (Wildman–Crippen MR) is 56.2 cm³/mol. The molecule has 2 aromatic heterocycles. The summed E-state index contributed by atoms with van der Waals surface area (Å²) in [6.07, 6.45) is 3.21. The van der Waals surface area contributed by atoms with E-state index in [1.54, 1.807) is 10.9 Å². The van der Waals surface area contributed by atoms with Crippen LogP contribution in [0, 0.1) is 0 Å². The van der Waals surface area contributed by atoms with Crippen molar-refractivity contribution < 1.29 is 0 Å². The molecule has 1 N–H and O–H groups in total. The normalized spacial score (nSPS) is 10.3. The Balaban J connectivity index is 2.37. The zero-order valence-electron chi connectivity index (χ0n) is 8.68. The largest absolute Gasteiger partial charge is 0.370 e. The Hall–Kier alpha value is -1.98. The highest BCUT2D eigenvalue weighted by atomic mass is 15.4. The Morgan fingerprint density at radius 3 is 2.93 bits per heavy atom. The minimum atomic E-state index is 0.809. The molecule has 2 heterocycles. The molecule has 0 atom stereocenters. The van der Waals surface area contributed by atoms with Crippen molar-refractivity contribution in [3.8, 4) is 11.4 Å². The lowest BCUT2D eigenvalue weighted by Gasteiger charge is -2.03. The van der Waals surface area contributed by atoms with Crippen LogP contribution >= 0.6 is 0 Å². The van der Waals surface area contributed by atoms with Gasteiger partial charge in [-0.05, 0) is 6.92 Å². The van der Waals surface area contributed by atoms with Crippen molar-refractivity contribution in [2.75, 3.05) is 11.9 Å². The quantitative estimate of drug-likeness (QED) is 0.797. The van der Waals surface area contributed by atoms with Gasteiger partial charge in [0.25, 0.3) is 0 Å². The molecule has 6 nitrogen and oxygen atoms in total. The zero-order valence-corrected chi connectivity index (χ0v) is 8.68. The summed E-state index contributed by atoms with van der Waals surface area (Å²) in [5.74, 6) is 0.809. The van der Waals surface area contributed by atoms with Crippen LogP contribution < -0.4 is 5.32 Å². The second-order valence-corrected chi connectivity index (χ2v) is 3.06. The molecule has 0 bridgehead atoms. The van der Waals surface area contributed by atoms with Gasteiger partial charge in [0.15, 0.2) is 0 Å². The van der Waals surface area contributed by atoms with E-state index in [1.807, 2.05) is 20.0 Å². The van der Waals surface area contributed by atoms with Gasteiger partial charge in [0.2, 0.25) is 0 Å². The number of aryl methyl sites for hydroxylation is 1. The molecule has 0 spiro atoms. The van der Waals surface area contributed by atoms with Crippen LogP contribution in [0.4, 0.5) is 5.82 Å². The number of hydrogen-bond acceptors (Lipinski definition) is 5. The van der Waals surface area contributed by atoms with Crippen molar-refractivity contribution in [3.63, 3.8) is 0 Å². The predicted octanol–water partition coefficient (Wildman–Crippen LogP) is 0.704. The van der Waals surface area contributed by atoms with Crippen molar-refractivity contribution in [2.24, 2.45) is 7.05 Å². The monoisotopic (exact) mass is 204 g/mol. The summed E-state index contributed by atoms with van der Waals surface area (Å²) >= 11 is 0. The number of nitrogens with zero attached hydrogens (tertiary/aromatic N) is 5. The topological polar surface area (TPSA) is 68.5 Å². The van der Waals surface area contributed by atoms with Gasteiger partial charge in [0.05, 0.1) is 11.9 Å². The van der Waals surface area contributed by atoms with E-state index >= 15 is 0 Å². The molecule has 0 saturated carbocycles. The van der Waals surface area contributed by atoms with E-state index < -0.39 is 0 Å². The summed E-state index contributed by atoms with van der Waals surface area (Å²) in [5, 5.41) is 10.8. The van der Waals surface area contributed by atoms with Crippen LogP contribution in [0.1, 0.15) is 6.92 Å². The molecule has 78 valence electrons. The van der Waals surface area contributed by atoms with Crippen LogP contribution in [0.25, 0.3) is 11.4 Å². The van der Waals surface area contributed by atoms with Gasteiger partial charge >= 0.3 is 0 Å². The van der Waals surface area contributed by atoms with Crippen LogP contribution in [0.5, 0.6) is 0 Å². The average Bonchev–Trinajstić information content (AvgIpc) is 2.65. The average molecular weight is 204 g/mol. The maximum absolute atomic E-state index is 4.17. The highest BCUT2D eigenvalue weighted by Gasteiger charge is 2.05. The van der Waals surface area contributed by atoms with Crippen LogP contribution in [-0.4, -0.2) is 31.5 Å². The zero-order chi connectivity index (χ0) is 10.7. The van der Waals surface area contributed by atoms with Crippen LogP contribution in [0.3, 0.4) is 0 Å². The summed E-state index contributed by atoms with van der Waals surface area (Å²) in [6.45, 7) is 2.85. The molecule has 0 aromatic carbocycles. The molecule has 6 heteroatoms. The molecule has 0 unspecified atom stereocenters. The number of anilines is 1. The van der Waals surface area contributed by atoms with Gasteiger partial charge in [0, 0.05) is 19.7 Å². The van der Waals surface area contributed by atoms with E-state index in [0.717, 1.165) is 23.8 Å². The van der Waals surface area contributed by atoms with Crippen LogP contribution in [0.2, 0.25) is 0 Å². The van der Waals surface area contributed by atoms with Gasteiger partial charge in [0.1, 0.15) is 17.8 Å². The van der Waals surface area contributed by atoms with Gasteiger partial charge in [-0.3, -0.25) is 0 Å². The smallest absolute Gasteiger partial charge is 0.130 e. The molecule has 0 amide bonds. The van der Waals surface area contributed by atoms with Gasteiger partial charge in [-0.1, -0.05) is 5.21 Å². The van der Waals surface area contributed by atoms with E-state index in [-0.39, 0.29) is 0 Å². The van der Waals surface area contributed by atoms with Crippen molar-refractivity contribution in [1.82, 2.24) is 25.0 Å². The summed E-state index contributed by atoms with van der Waals surface area (Å²) in [7, 11) is 1.83. The second kappa shape index (κ2) is 4.04. The van der Waals surface area contributed by atoms with Gasteiger partial charge in [-0.2, -0.15) is 0 Å². The summed E-state index contributed by atoms with van der Waals surface area (Å²) in [6, 6.07) is 1.88. The fourth-order valence-electron chi connectivity index (χ4n) is 1.30. The molecular weight excluding hydrogens is 192 g/mol. The van der Waals surface area contributed by atoms with Crippen molar-refractivity contribution in [3.05, 3.63) is 18.6 Å². The molecule has 0 aliphatic rings. The number of rotatable bonds is 3. The van der Waals surface area contributed by atoms with E-state index in [4.69, 9.17) is 0 Å². The van der Waals surface area contributed by atoms with Crippen LogP contribution in [0.15, 0.2) is 18.6 Å². The number of aromatic nitrogens is 5. The lowest BCUT2D eigenvalue weighted by molar-refractivity contribution is 0.719. The first-order chi connectivity index (χ1) is 7.31. The van der Waals surface area contributed by atoms with Gasteiger partial charge in [-0.15, -0.1) is 5.10 Å². The first kappa shape index (κ1) is 9.57. The highest BCUT2D eigenvalue weighted by molar-refractivity contribution is 5.57. The number of hydrogen-bond donors (Lipinski definition) is 1. The Bertz CT molecular complexity index is 449. The maximum atomic E-state index is 4.17. The number of nitrogens with one attached hydrogen (secondary N) is 1. The van der Waals surface area contributed by atoms with E-state index in [2.05, 4.69) is 25.6 Å². The summed E-state index contributed by atoms with van der Waals surface area (Å²) in [4.78, 5) is 8.27. The second-order valence-electron chi connectivity index (χ2n) is 3.06. The lowest BCUT2D eigenvalue weighted by Crippen LogP contribution is -2.01. The molecule has 15 heavy (non-hydrogen) atoms. The van der Waals surface area contributed by atoms with E-state index in [0.29, 0.717) is 0 Å². The first-order valence-corrected chi connectivity index (χ1v) is 4.72. The lowest BCUT2D eigenvalue weighted by atomic mass is 10.3. The molecule has 0 aliphatic heterocycles. The summed E-state index contributed by atoms with van der Waals surface area (Å²) < 4.78 is 1.68. The molecule has 2 aromatic rings. The van der Waals surface area contributed by atoms with Crippen molar-refractivity contribution in [1.29, 1.82) is 0 Å². The Kier molecular flexibility index (Phi) is 2.57. The third-order valence-corrected chi connectivity index (χ3v) is 2.00. The SMILES string of the molecule is CCNc1cc(-c2cnnn2C)ncn1. The third kappa shape index (κ3) is 1.93. The molecule has 2 rings (SSSR count). The third-order valence-electron chi connectivity index (χ3n) is 2.00. The highest BCUT2D eigenvalue weighted by Crippen LogP contribution is 2.15. The first-order valence-electron chi connectivity index (χ1n) is 4.72. The summed E-state index contributed by atoms with van der Waals surface area (Å²) in [5.41, 5.74) is 1.69. The van der Waals surface area contributed by atoms with E-state index in [1.165, 1.54) is 6.33 Å². The standard InChI is InChI=1S/C9H12N6/c1-3-10-9-4-7(11-6-12-9)8-5-13-14-15(8)2/h4-6H,3H2,1-2H3,(H,10,11,12). The fourth-order valence-corrected chi connectivity index (χ4v) is 1.30. The maximum Gasteiger partial charge on any atom is 0.130 e. The van der Waals surface area contributed by atoms with Crippen molar-refractivity contribution >= 4 is 5.82 Å². The Morgan fingerprint density at radius 2 is 2.27 bits per heavy atom. The van der Waals surface area contributed by atoms with Gasteiger partial charge in [-0.25, -0.2) is 14.6 Å². The minimum Gasteiger partial charge on any atom is -0.370 e. The van der Waals surface area contributed by atoms with Crippen LogP contribution in [-0.2, 0) is 7.05 Å². The fraction of sp³-hybridized carbons (Fsp3) is 0.333. The van der Waals surface area contributed by atoms with Gasteiger partial charge < -0.3 is 5.32 Å². The molecular formula is C9H12N6.